The minimum absolute atomic E-state index is 0.125. The Morgan fingerprint density at radius 3 is 1.96 bits per heavy atom. The highest BCUT2D eigenvalue weighted by Crippen LogP contribution is 2.34. The number of para-hydroxylation sites is 2. The summed E-state index contributed by atoms with van der Waals surface area (Å²) in [4.78, 5) is 13.6. The number of ether oxygens (including phenoxy) is 1. The van der Waals surface area contributed by atoms with Crippen LogP contribution in [0.1, 0.15) is 19.3 Å². The summed E-state index contributed by atoms with van der Waals surface area (Å²) in [6, 6.07) is 17.8. The van der Waals surface area contributed by atoms with Gasteiger partial charge in [-0.3, -0.25) is 9.35 Å². The molecule has 0 saturated carbocycles. The van der Waals surface area contributed by atoms with Crippen molar-refractivity contribution in [2.24, 2.45) is 0 Å². The van der Waals surface area contributed by atoms with Crippen LogP contribution in [0.3, 0.4) is 0 Å². The van der Waals surface area contributed by atoms with E-state index in [1.54, 1.807) is 4.90 Å². The summed E-state index contributed by atoms with van der Waals surface area (Å²) < 4.78 is 38.6. The molecule has 1 N–H and O–H groups in total. The van der Waals surface area contributed by atoms with Crippen molar-refractivity contribution in [1.29, 1.82) is 0 Å². The van der Waals surface area contributed by atoms with Crippen LogP contribution in [0.4, 0.5) is 11.4 Å². The number of carbonyl (C=O) groups excluding carboxylic acids is 1. The number of rotatable bonds is 4. The maximum atomic E-state index is 11.9. The van der Waals surface area contributed by atoms with Crippen molar-refractivity contribution in [3.05, 3.63) is 60.7 Å². The zero-order valence-corrected chi connectivity index (χ0v) is 14.3. The highest BCUT2D eigenvalue weighted by molar-refractivity contribution is 7.86. The molecule has 1 aliphatic heterocycles. The number of hydrogen-bond donors (Lipinski definition) is 1. The Bertz CT molecular complexity index is 784. The van der Waals surface area contributed by atoms with Crippen LogP contribution in [0, 0.1) is 0 Å². The number of carbonyl (C=O) groups is 1. The van der Waals surface area contributed by atoms with Crippen molar-refractivity contribution in [3.63, 3.8) is 0 Å². The van der Waals surface area contributed by atoms with Crippen molar-refractivity contribution in [2.75, 3.05) is 4.90 Å². The molecule has 2 aromatic rings. The lowest BCUT2D eigenvalue weighted by Crippen LogP contribution is -2.46. The summed E-state index contributed by atoms with van der Waals surface area (Å²) >= 11 is 0. The van der Waals surface area contributed by atoms with Crippen LogP contribution in [0.2, 0.25) is 0 Å². The molecular weight excluding hydrogens is 342 g/mol. The lowest BCUT2D eigenvalue weighted by Gasteiger charge is -2.35. The predicted molar refractivity (Wildman–Crippen MR) is 94.1 cm³/mol. The number of benzene rings is 2. The molecular formula is C18H19NO5S. The first kappa shape index (κ1) is 17.4. The quantitative estimate of drug-likeness (QED) is 0.665. The fraction of sp³-hybridized carbons (Fsp3) is 0.278. The van der Waals surface area contributed by atoms with Gasteiger partial charge in [-0.1, -0.05) is 36.4 Å². The summed E-state index contributed by atoms with van der Waals surface area (Å²) in [6.07, 6.45) is 0.992. The molecule has 2 atom stereocenters. The van der Waals surface area contributed by atoms with Crippen LogP contribution >= 0.6 is 0 Å². The van der Waals surface area contributed by atoms with Crippen molar-refractivity contribution in [1.82, 2.24) is 0 Å². The third kappa shape index (κ3) is 4.00. The van der Waals surface area contributed by atoms with Crippen LogP contribution in [0.5, 0.6) is 0 Å². The van der Waals surface area contributed by atoms with Gasteiger partial charge >= 0.3 is 16.1 Å². The zero-order valence-electron chi connectivity index (χ0n) is 13.5. The van der Waals surface area contributed by atoms with E-state index in [-0.39, 0.29) is 6.42 Å². The molecule has 2 unspecified atom stereocenters. The van der Waals surface area contributed by atoms with E-state index in [1.165, 1.54) is 0 Å². The van der Waals surface area contributed by atoms with E-state index in [0.717, 1.165) is 11.4 Å². The Labute approximate surface area is 146 Å². The molecule has 0 bridgehead atoms. The smallest absolute Gasteiger partial charge is 0.307 e. The molecule has 2 aromatic carbocycles. The second kappa shape index (κ2) is 7.25. The Hall–Kier alpha value is -2.38. The van der Waals surface area contributed by atoms with Gasteiger partial charge in [0.2, 0.25) is 5.44 Å². The highest BCUT2D eigenvalue weighted by atomic mass is 32.2. The third-order valence-electron chi connectivity index (χ3n) is 4.14. The van der Waals surface area contributed by atoms with Crippen molar-refractivity contribution >= 4 is 27.5 Å². The molecule has 1 saturated heterocycles. The van der Waals surface area contributed by atoms with Gasteiger partial charge < -0.3 is 9.64 Å². The van der Waals surface area contributed by atoms with Gasteiger partial charge in [-0.15, -0.1) is 0 Å². The van der Waals surface area contributed by atoms with Crippen molar-refractivity contribution in [2.45, 2.75) is 30.7 Å². The molecule has 7 heteroatoms. The van der Waals surface area contributed by atoms with Crippen LogP contribution in [0.25, 0.3) is 0 Å². The summed E-state index contributed by atoms with van der Waals surface area (Å²) in [5, 5.41) is 0. The molecule has 3 rings (SSSR count). The first-order valence-electron chi connectivity index (χ1n) is 8.02. The van der Waals surface area contributed by atoms with Crippen LogP contribution in [-0.4, -0.2) is 30.4 Å². The molecule has 132 valence electrons. The van der Waals surface area contributed by atoms with Crippen molar-refractivity contribution < 1.29 is 22.5 Å². The number of anilines is 2. The summed E-state index contributed by atoms with van der Waals surface area (Å²) in [7, 11) is -4.58. The van der Waals surface area contributed by atoms with Crippen LogP contribution in [-0.2, 0) is 19.6 Å². The predicted octanol–water partition coefficient (Wildman–Crippen LogP) is 3.13. The number of esters is 1. The first-order chi connectivity index (χ1) is 12.0. The average Bonchev–Trinajstić information content (AvgIpc) is 2.79. The van der Waals surface area contributed by atoms with Gasteiger partial charge in [-0.05, 0) is 37.1 Å². The number of cyclic esters (lactones) is 1. The first-order valence-corrected chi connectivity index (χ1v) is 9.52. The molecule has 0 radical (unpaired) electrons. The third-order valence-corrected chi connectivity index (χ3v) is 5.13. The van der Waals surface area contributed by atoms with Gasteiger partial charge in [-0.2, -0.15) is 8.42 Å². The summed E-state index contributed by atoms with van der Waals surface area (Å²) in [6.45, 7) is 0. The monoisotopic (exact) mass is 361 g/mol. The minimum Gasteiger partial charge on any atom is -0.441 e. The fourth-order valence-corrected chi connectivity index (χ4v) is 3.96. The van der Waals surface area contributed by atoms with Gasteiger partial charge in [0, 0.05) is 17.8 Å². The Morgan fingerprint density at radius 2 is 1.48 bits per heavy atom. The Morgan fingerprint density at radius 1 is 0.960 bits per heavy atom. The lowest BCUT2D eigenvalue weighted by molar-refractivity contribution is -0.145. The van der Waals surface area contributed by atoms with E-state index >= 15 is 0 Å². The SMILES string of the molecule is O=C1CCCC(N(c2ccccc2)c2ccccc2)C(S(=O)(=O)O)O1. The second-order valence-corrected chi connectivity index (χ2v) is 7.37. The van der Waals surface area contributed by atoms with E-state index in [1.807, 2.05) is 60.7 Å². The standard InChI is InChI=1S/C18H19NO5S/c20-17-13-7-12-16(18(24-17)25(21,22)23)19(14-8-3-1-4-9-14)15-10-5-2-6-11-15/h1-6,8-11,16,18H,7,12-13H2,(H,21,22,23). The van der Waals surface area contributed by atoms with Gasteiger partial charge in [-0.25, -0.2) is 0 Å². The molecule has 0 spiro atoms. The van der Waals surface area contributed by atoms with Gasteiger partial charge in [0.25, 0.3) is 0 Å². The summed E-state index contributed by atoms with van der Waals surface area (Å²) in [5.74, 6) is -0.619. The van der Waals surface area contributed by atoms with E-state index in [9.17, 15) is 17.8 Å². The molecule has 25 heavy (non-hydrogen) atoms. The Kier molecular flexibility index (Phi) is 5.06. The minimum atomic E-state index is -4.58. The van der Waals surface area contributed by atoms with E-state index < -0.39 is 27.6 Å². The highest BCUT2D eigenvalue weighted by Gasteiger charge is 2.41. The fourth-order valence-electron chi connectivity index (χ4n) is 3.08. The molecule has 1 aliphatic rings. The lowest BCUT2D eigenvalue weighted by atomic mass is 10.1. The molecule has 0 aliphatic carbocycles. The second-order valence-electron chi connectivity index (χ2n) is 5.87. The van der Waals surface area contributed by atoms with Crippen molar-refractivity contribution in [3.8, 4) is 0 Å². The number of hydrogen-bond acceptors (Lipinski definition) is 5. The molecule has 6 nitrogen and oxygen atoms in total. The normalized spacial score (nSPS) is 21.2. The van der Waals surface area contributed by atoms with Crippen LogP contribution < -0.4 is 4.90 Å². The molecule has 0 amide bonds. The largest absolute Gasteiger partial charge is 0.441 e. The molecule has 1 fully saturated rings. The van der Waals surface area contributed by atoms with Gasteiger partial charge in [0.1, 0.15) is 0 Å². The Balaban J connectivity index is 2.11. The van der Waals surface area contributed by atoms with Gasteiger partial charge in [0.05, 0.1) is 6.04 Å². The topological polar surface area (TPSA) is 83.9 Å². The maximum absolute atomic E-state index is 11.9. The number of nitrogens with zero attached hydrogens (tertiary/aromatic N) is 1. The average molecular weight is 361 g/mol. The molecule has 1 heterocycles. The maximum Gasteiger partial charge on any atom is 0.307 e. The van der Waals surface area contributed by atoms with Crippen LogP contribution in [0.15, 0.2) is 60.7 Å². The zero-order chi connectivity index (χ0) is 17.9. The van der Waals surface area contributed by atoms with E-state index in [4.69, 9.17) is 4.74 Å². The van der Waals surface area contributed by atoms with Gasteiger partial charge in [0.15, 0.2) is 0 Å². The summed E-state index contributed by atoms with van der Waals surface area (Å²) in [5.41, 5.74) is -0.126. The van der Waals surface area contributed by atoms with E-state index in [2.05, 4.69) is 0 Å². The molecule has 0 aromatic heterocycles. The van der Waals surface area contributed by atoms with E-state index in [0.29, 0.717) is 12.8 Å².